The molecule has 0 fully saturated rings. The van der Waals surface area contributed by atoms with Crippen molar-refractivity contribution in [1.29, 1.82) is 0 Å². The van der Waals surface area contributed by atoms with Crippen molar-refractivity contribution in [2.75, 3.05) is 20.8 Å². The van der Waals surface area contributed by atoms with Crippen molar-refractivity contribution >= 4 is 11.8 Å². The second-order valence-electron chi connectivity index (χ2n) is 5.58. The molecule has 0 saturated carbocycles. The minimum atomic E-state index is -0.557. The number of benzene rings is 1. The minimum Gasteiger partial charge on any atom is -0.493 e. The maximum absolute atomic E-state index is 12.2. The number of nitrogens with zero attached hydrogens (tertiary/aromatic N) is 1. The maximum Gasteiger partial charge on any atom is 0.312 e. The van der Waals surface area contributed by atoms with Crippen molar-refractivity contribution in [3.8, 4) is 11.5 Å². The van der Waals surface area contributed by atoms with Crippen molar-refractivity contribution in [3.05, 3.63) is 23.3 Å². The first-order valence-electron chi connectivity index (χ1n) is 7.29. The highest BCUT2D eigenvalue weighted by atomic mass is 16.5. The SMILES string of the molecule is COc1cc2c(cc1OC)CN(C(=O)C(=O)NC(C)C)CC2. The molecular weight excluding hydrogens is 284 g/mol. The zero-order chi connectivity index (χ0) is 16.3. The summed E-state index contributed by atoms with van der Waals surface area (Å²) in [5.74, 6) is 0.258. The lowest BCUT2D eigenvalue weighted by molar-refractivity contribution is -0.146. The van der Waals surface area contributed by atoms with E-state index in [1.54, 1.807) is 19.1 Å². The van der Waals surface area contributed by atoms with Crippen LogP contribution in [0.3, 0.4) is 0 Å². The third-order valence-corrected chi connectivity index (χ3v) is 3.62. The van der Waals surface area contributed by atoms with Gasteiger partial charge < -0.3 is 19.7 Å². The molecule has 1 aromatic carbocycles. The summed E-state index contributed by atoms with van der Waals surface area (Å²) in [6.45, 7) is 4.58. The number of methoxy groups -OCH3 is 2. The van der Waals surface area contributed by atoms with E-state index >= 15 is 0 Å². The summed E-state index contributed by atoms with van der Waals surface area (Å²) in [6, 6.07) is 3.75. The van der Waals surface area contributed by atoms with Gasteiger partial charge >= 0.3 is 11.8 Å². The van der Waals surface area contributed by atoms with E-state index in [2.05, 4.69) is 5.32 Å². The van der Waals surface area contributed by atoms with Gasteiger partial charge in [-0.15, -0.1) is 0 Å². The summed E-state index contributed by atoms with van der Waals surface area (Å²) in [5.41, 5.74) is 2.10. The first-order valence-corrected chi connectivity index (χ1v) is 7.29. The van der Waals surface area contributed by atoms with Gasteiger partial charge in [0, 0.05) is 19.1 Å². The molecule has 0 bridgehead atoms. The van der Waals surface area contributed by atoms with Crippen LogP contribution in [0.1, 0.15) is 25.0 Å². The summed E-state index contributed by atoms with van der Waals surface area (Å²) >= 11 is 0. The van der Waals surface area contributed by atoms with Gasteiger partial charge in [-0.2, -0.15) is 0 Å². The average molecular weight is 306 g/mol. The fraction of sp³-hybridized carbons (Fsp3) is 0.500. The number of hydrogen-bond acceptors (Lipinski definition) is 4. The van der Waals surface area contributed by atoms with Gasteiger partial charge in [0.1, 0.15) is 0 Å². The molecule has 0 atom stereocenters. The second-order valence-corrected chi connectivity index (χ2v) is 5.58. The van der Waals surface area contributed by atoms with Crippen molar-refractivity contribution in [2.24, 2.45) is 0 Å². The first kappa shape index (κ1) is 16.1. The third-order valence-electron chi connectivity index (χ3n) is 3.62. The second kappa shape index (κ2) is 6.68. The summed E-state index contributed by atoms with van der Waals surface area (Å²) in [4.78, 5) is 25.6. The standard InChI is InChI=1S/C16H22N2O4/c1-10(2)17-15(19)16(20)18-6-5-11-7-13(21-3)14(22-4)8-12(11)9-18/h7-8,10H,5-6,9H2,1-4H3,(H,17,19). The van der Waals surface area contributed by atoms with Gasteiger partial charge in [-0.05, 0) is 43.5 Å². The average Bonchev–Trinajstić information content (AvgIpc) is 2.51. The summed E-state index contributed by atoms with van der Waals surface area (Å²) in [7, 11) is 3.17. The molecule has 1 heterocycles. The molecule has 2 rings (SSSR count). The zero-order valence-electron chi connectivity index (χ0n) is 13.4. The van der Waals surface area contributed by atoms with Gasteiger partial charge in [-0.25, -0.2) is 0 Å². The van der Waals surface area contributed by atoms with Crippen LogP contribution in [-0.2, 0) is 22.6 Å². The molecule has 0 unspecified atom stereocenters. The molecule has 1 aliphatic heterocycles. The van der Waals surface area contributed by atoms with Crippen molar-refractivity contribution in [3.63, 3.8) is 0 Å². The Hall–Kier alpha value is -2.24. The number of carbonyl (C=O) groups excluding carboxylic acids is 2. The monoisotopic (exact) mass is 306 g/mol. The Morgan fingerprint density at radius 3 is 2.27 bits per heavy atom. The molecule has 1 aliphatic rings. The number of ether oxygens (including phenoxy) is 2. The summed E-state index contributed by atoms with van der Waals surface area (Å²) < 4.78 is 10.6. The highest BCUT2D eigenvalue weighted by molar-refractivity contribution is 6.35. The molecule has 1 N–H and O–H groups in total. The normalized spacial score (nSPS) is 13.6. The van der Waals surface area contributed by atoms with Crippen molar-refractivity contribution in [2.45, 2.75) is 32.9 Å². The molecule has 0 spiro atoms. The fourth-order valence-electron chi connectivity index (χ4n) is 2.52. The van der Waals surface area contributed by atoms with Crippen LogP contribution in [-0.4, -0.2) is 43.5 Å². The molecule has 22 heavy (non-hydrogen) atoms. The Bertz CT molecular complexity index is 584. The molecule has 6 heteroatoms. The largest absolute Gasteiger partial charge is 0.493 e. The fourth-order valence-corrected chi connectivity index (χ4v) is 2.52. The lowest BCUT2D eigenvalue weighted by atomic mass is 9.98. The number of amides is 2. The summed E-state index contributed by atoms with van der Waals surface area (Å²) in [5, 5.41) is 2.63. The van der Waals surface area contributed by atoms with Crippen LogP contribution in [0.5, 0.6) is 11.5 Å². The van der Waals surface area contributed by atoms with E-state index in [1.807, 2.05) is 26.0 Å². The van der Waals surface area contributed by atoms with E-state index in [0.717, 1.165) is 11.1 Å². The van der Waals surface area contributed by atoms with Crippen LogP contribution in [0.4, 0.5) is 0 Å². The highest BCUT2D eigenvalue weighted by Gasteiger charge is 2.27. The molecule has 2 amide bonds. The van der Waals surface area contributed by atoms with Gasteiger partial charge in [-0.3, -0.25) is 9.59 Å². The van der Waals surface area contributed by atoms with Crippen LogP contribution in [0, 0.1) is 0 Å². The number of fused-ring (bicyclic) bond motifs is 1. The Morgan fingerprint density at radius 2 is 1.73 bits per heavy atom. The molecule has 120 valence electrons. The topological polar surface area (TPSA) is 67.9 Å². The van der Waals surface area contributed by atoms with Gasteiger partial charge in [-0.1, -0.05) is 0 Å². The van der Waals surface area contributed by atoms with Crippen molar-refractivity contribution in [1.82, 2.24) is 10.2 Å². The Labute approximate surface area is 130 Å². The van der Waals surface area contributed by atoms with Crippen LogP contribution in [0.2, 0.25) is 0 Å². The van der Waals surface area contributed by atoms with E-state index in [9.17, 15) is 9.59 Å². The zero-order valence-corrected chi connectivity index (χ0v) is 13.4. The van der Waals surface area contributed by atoms with E-state index in [0.29, 0.717) is 31.0 Å². The van der Waals surface area contributed by atoms with E-state index in [4.69, 9.17) is 9.47 Å². The van der Waals surface area contributed by atoms with Crippen LogP contribution < -0.4 is 14.8 Å². The van der Waals surface area contributed by atoms with E-state index in [-0.39, 0.29) is 6.04 Å². The molecule has 0 aromatic heterocycles. The van der Waals surface area contributed by atoms with E-state index in [1.165, 1.54) is 0 Å². The molecule has 0 saturated heterocycles. The lowest BCUT2D eigenvalue weighted by Crippen LogP contribution is -2.46. The van der Waals surface area contributed by atoms with Crippen molar-refractivity contribution < 1.29 is 19.1 Å². The molecule has 1 aromatic rings. The van der Waals surface area contributed by atoms with Gasteiger partial charge in [0.2, 0.25) is 0 Å². The Balaban J connectivity index is 2.17. The van der Waals surface area contributed by atoms with Gasteiger partial charge in [0.25, 0.3) is 0 Å². The minimum absolute atomic E-state index is 0.0575. The van der Waals surface area contributed by atoms with Gasteiger partial charge in [0.15, 0.2) is 11.5 Å². The number of hydrogen-bond donors (Lipinski definition) is 1. The smallest absolute Gasteiger partial charge is 0.312 e. The Kier molecular flexibility index (Phi) is 4.90. The van der Waals surface area contributed by atoms with E-state index < -0.39 is 11.8 Å². The van der Waals surface area contributed by atoms with Crippen LogP contribution >= 0.6 is 0 Å². The molecule has 6 nitrogen and oxygen atoms in total. The maximum atomic E-state index is 12.2. The first-order chi connectivity index (χ1) is 10.5. The number of rotatable bonds is 3. The lowest BCUT2D eigenvalue weighted by Gasteiger charge is -2.29. The number of nitrogens with one attached hydrogen (secondary N) is 1. The predicted octanol–water partition coefficient (Wildman–Crippen LogP) is 1.11. The quantitative estimate of drug-likeness (QED) is 0.850. The Morgan fingerprint density at radius 1 is 1.14 bits per heavy atom. The molecule has 0 radical (unpaired) electrons. The van der Waals surface area contributed by atoms with Crippen LogP contribution in [0.25, 0.3) is 0 Å². The summed E-state index contributed by atoms with van der Waals surface area (Å²) in [6.07, 6.45) is 0.691. The highest BCUT2D eigenvalue weighted by Crippen LogP contribution is 2.33. The number of carbonyl (C=O) groups is 2. The molecular formula is C16H22N2O4. The molecule has 0 aliphatic carbocycles. The predicted molar refractivity (Wildman–Crippen MR) is 81.9 cm³/mol. The third kappa shape index (κ3) is 3.32. The van der Waals surface area contributed by atoms with Crippen LogP contribution in [0.15, 0.2) is 12.1 Å². The van der Waals surface area contributed by atoms with Gasteiger partial charge in [0.05, 0.1) is 14.2 Å².